The Morgan fingerprint density at radius 1 is 1.13 bits per heavy atom. The maximum atomic E-state index is 12.7. The van der Waals surface area contributed by atoms with E-state index >= 15 is 0 Å². The Bertz CT molecular complexity index is 1030. The molecule has 3 rings (SSSR count). The van der Waals surface area contributed by atoms with Crippen molar-refractivity contribution in [2.75, 3.05) is 19.3 Å². The van der Waals surface area contributed by atoms with Gasteiger partial charge in [-0.1, -0.05) is 18.6 Å². The molecular weight excluding hydrogens is 426 g/mol. The summed E-state index contributed by atoms with van der Waals surface area (Å²) < 4.78 is 26.9. The van der Waals surface area contributed by atoms with E-state index < -0.39 is 20.9 Å². The summed E-state index contributed by atoms with van der Waals surface area (Å²) in [5.74, 6) is -0.434. The van der Waals surface area contributed by atoms with Crippen LogP contribution in [0, 0.1) is 10.1 Å². The molecule has 160 valence electrons. The Morgan fingerprint density at radius 3 is 2.40 bits per heavy atom. The molecule has 0 spiro atoms. The molecular formula is C20H23N3O5S2. The van der Waals surface area contributed by atoms with E-state index in [1.54, 1.807) is 42.7 Å². The van der Waals surface area contributed by atoms with Gasteiger partial charge in [0.1, 0.15) is 0 Å². The van der Waals surface area contributed by atoms with E-state index in [4.69, 9.17) is 0 Å². The molecule has 1 fully saturated rings. The first-order chi connectivity index (χ1) is 14.3. The van der Waals surface area contributed by atoms with Crippen LogP contribution in [0.5, 0.6) is 0 Å². The van der Waals surface area contributed by atoms with E-state index in [0.717, 1.165) is 24.8 Å². The lowest BCUT2D eigenvalue weighted by Gasteiger charge is -2.25. The van der Waals surface area contributed by atoms with E-state index in [-0.39, 0.29) is 22.7 Å². The number of thioether (sulfide) groups is 1. The third-order valence-electron chi connectivity index (χ3n) is 4.97. The predicted molar refractivity (Wildman–Crippen MR) is 115 cm³/mol. The van der Waals surface area contributed by atoms with Crippen molar-refractivity contribution >= 4 is 33.4 Å². The average Bonchev–Trinajstić information content (AvgIpc) is 2.77. The maximum Gasteiger partial charge on any atom is 0.283 e. The topological polar surface area (TPSA) is 110 Å². The Kier molecular flexibility index (Phi) is 7.11. The van der Waals surface area contributed by atoms with Crippen LogP contribution in [0.2, 0.25) is 0 Å². The van der Waals surface area contributed by atoms with Crippen molar-refractivity contribution in [1.29, 1.82) is 0 Å². The van der Waals surface area contributed by atoms with Crippen molar-refractivity contribution in [2.24, 2.45) is 0 Å². The smallest absolute Gasteiger partial charge is 0.283 e. The van der Waals surface area contributed by atoms with Gasteiger partial charge in [-0.15, -0.1) is 11.8 Å². The Hall–Kier alpha value is -2.43. The van der Waals surface area contributed by atoms with Gasteiger partial charge < -0.3 is 5.32 Å². The number of nitro benzene ring substituents is 1. The maximum absolute atomic E-state index is 12.7. The quantitative estimate of drug-likeness (QED) is 0.394. The molecule has 1 heterocycles. The highest BCUT2D eigenvalue weighted by molar-refractivity contribution is 7.98. The average molecular weight is 450 g/mol. The van der Waals surface area contributed by atoms with E-state index in [1.807, 2.05) is 0 Å². The molecule has 0 aliphatic carbocycles. The molecule has 1 saturated heterocycles. The van der Waals surface area contributed by atoms with E-state index in [2.05, 4.69) is 5.32 Å². The zero-order valence-electron chi connectivity index (χ0n) is 16.5. The number of nitro groups is 1. The minimum Gasteiger partial charge on any atom is -0.348 e. The van der Waals surface area contributed by atoms with Crippen molar-refractivity contribution in [3.63, 3.8) is 0 Å². The third-order valence-corrected chi connectivity index (χ3v) is 7.66. The normalized spacial score (nSPS) is 15.0. The molecule has 10 heteroatoms. The fraction of sp³-hybridized carbons (Fsp3) is 0.350. The first-order valence-corrected chi connectivity index (χ1v) is 12.2. The number of rotatable bonds is 7. The molecule has 0 bridgehead atoms. The van der Waals surface area contributed by atoms with Crippen LogP contribution >= 0.6 is 11.8 Å². The van der Waals surface area contributed by atoms with Crippen molar-refractivity contribution in [1.82, 2.24) is 9.62 Å². The second kappa shape index (κ2) is 9.59. The van der Waals surface area contributed by atoms with Crippen LogP contribution in [-0.2, 0) is 16.6 Å². The molecule has 2 aromatic rings. The Labute approximate surface area is 179 Å². The second-order valence-electron chi connectivity index (χ2n) is 6.94. The number of benzene rings is 2. The van der Waals surface area contributed by atoms with Gasteiger partial charge in [-0.2, -0.15) is 4.31 Å². The number of nitrogens with zero attached hydrogens (tertiary/aromatic N) is 2. The highest BCUT2D eigenvalue weighted by Gasteiger charge is 2.25. The number of nitrogens with one attached hydrogen (secondary N) is 1. The largest absolute Gasteiger partial charge is 0.348 e. The predicted octanol–water partition coefficient (Wildman–Crippen LogP) is 3.42. The highest BCUT2D eigenvalue weighted by Crippen LogP contribution is 2.28. The van der Waals surface area contributed by atoms with Crippen molar-refractivity contribution in [2.45, 2.75) is 35.6 Å². The van der Waals surface area contributed by atoms with Crippen LogP contribution in [0.3, 0.4) is 0 Å². The molecule has 1 amide bonds. The second-order valence-corrected chi connectivity index (χ2v) is 9.72. The number of amides is 1. The lowest BCUT2D eigenvalue weighted by Crippen LogP contribution is -2.35. The first kappa shape index (κ1) is 22.3. The van der Waals surface area contributed by atoms with Crippen molar-refractivity contribution in [3.05, 3.63) is 63.7 Å². The summed E-state index contributed by atoms with van der Waals surface area (Å²) >= 11 is 1.24. The van der Waals surface area contributed by atoms with Crippen LogP contribution in [0.25, 0.3) is 0 Å². The summed E-state index contributed by atoms with van der Waals surface area (Å²) in [5.41, 5.74) is 0.822. The lowest BCUT2D eigenvalue weighted by atomic mass is 10.1. The number of piperidine rings is 1. The highest BCUT2D eigenvalue weighted by atomic mass is 32.2. The molecule has 0 atom stereocenters. The van der Waals surface area contributed by atoms with Gasteiger partial charge in [0, 0.05) is 31.3 Å². The zero-order valence-corrected chi connectivity index (χ0v) is 18.2. The summed E-state index contributed by atoms with van der Waals surface area (Å²) in [7, 11) is -3.49. The fourth-order valence-electron chi connectivity index (χ4n) is 3.29. The van der Waals surface area contributed by atoms with Crippen LogP contribution in [0.1, 0.15) is 35.2 Å². The molecule has 8 nitrogen and oxygen atoms in total. The summed E-state index contributed by atoms with van der Waals surface area (Å²) in [4.78, 5) is 23.8. The van der Waals surface area contributed by atoms with Gasteiger partial charge in [0.15, 0.2) is 0 Å². The zero-order chi connectivity index (χ0) is 21.7. The molecule has 0 unspecified atom stereocenters. The van der Waals surface area contributed by atoms with Gasteiger partial charge >= 0.3 is 0 Å². The molecule has 1 N–H and O–H groups in total. The van der Waals surface area contributed by atoms with Crippen molar-refractivity contribution < 1.29 is 18.1 Å². The number of sulfonamides is 1. The van der Waals surface area contributed by atoms with Gasteiger partial charge in [0.25, 0.3) is 11.6 Å². The summed E-state index contributed by atoms with van der Waals surface area (Å²) in [5, 5.41) is 13.9. The van der Waals surface area contributed by atoms with Crippen LogP contribution < -0.4 is 5.32 Å². The first-order valence-electron chi connectivity index (χ1n) is 9.52. The van der Waals surface area contributed by atoms with Gasteiger partial charge in [-0.3, -0.25) is 14.9 Å². The summed E-state index contributed by atoms with van der Waals surface area (Å²) in [6, 6.07) is 10.8. The van der Waals surface area contributed by atoms with E-state index in [0.29, 0.717) is 18.0 Å². The van der Waals surface area contributed by atoms with Gasteiger partial charge in [-0.05, 0) is 48.9 Å². The van der Waals surface area contributed by atoms with Crippen LogP contribution in [0.15, 0.2) is 52.3 Å². The Morgan fingerprint density at radius 2 is 1.80 bits per heavy atom. The minimum atomic E-state index is -3.49. The molecule has 0 radical (unpaired) electrons. The molecule has 30 heavy (non-hydrogen) atoms. The molecule has 1 aliphatic heterocycles. The molecule has 0 aromatic heterocycles. The summed E-state index contributed by atoms with van der Waals surface area (Å²) in [6.45, 7) is 1.27. The monoisotopic (exact) mass is 449 g/mol. The number of hydrogen-bond donors (Lipinski definition) is 1. The number of carbonyl (C=O) groups excluding carboxylic acids is 1. The van der Waals surface area contributed by atoms with Crippen LogP contribution in [0.4, 0.5) is 5.69 Å². The van der Waals surface area contributed by atoms with E-state index in [1.165, 1.54) is 22.1 Å². The molecule has 1 aliphatic rings. The SMILES string of the molecule is CSc1ccc(C(=O)NCc2ccc(S(=O)(=O)N3CCCCC3)cc2)cc1[N+](=O)[O-]. The number of carbonyl (C=O) groups is 1. The van der Waals surface area contributed by atoms with E-state index in [9.17, 15) is 23.3 Å². The Balaban J connectivity index is 1.66. The van der Waals surface area contributed by atoms with Crippen molar-refractivity contribution in [3.8, 4) is 0 Å². The third kappa shape index (κ3) is 5.00. The molecule has 2 aromatic carbocycles. The van der Waals surface area contributed by atoms with Gasteiger partial charge in [0.05, 0.1) is 14.7 Å². The van der Waals surface area contributed by atoms with Gasteiger partial charge in [-0.25, -0.2) is 8.42 Å². The fourth-order valence-corrected chi connectivity index (χ4v) is 5.36. The minimum absolute atomic E-state index is 0.109. The summed E-state index contributed by atoms with van der Waals surface area (Å²) in [6.07, 6.45) is 4.53. The molecule has 0 saturated carbocycles. The standard InChI is InChI=1S/C20H23N3O5S2/c1-29-19-10-7-16(13-18(19)23(25)26)20(24)21-14-15-5-8-17(9-6-15)30(27,28)22-11-3-2-4-12-22/h5-10,13H,2-4,11-12,14H2,1H3,(H,21,24). The van der Waals surface area contributed by atoms with Crippen LogP contribution in [-0.4, -0.2) is 42.9 Å². The number of hydrogen-bond acceptors (Lipinski definition) is 6. The lowest BCUT2D eigenvalue weighted by molar-refractivity contribution is -0.387. The van der Waals surface area contributed by atoms with Gasteiger partial charge in [0.2, 0.25) is 10.0 Å².